The number of rotatable bonds is 9. The molecule has 1 N–H and O–H groups in total. The minimum atomic E-state index is -0.595. The molecule has 0 radical (unpaired) electrons. The molecule has 2 unspecified atom stereocenters. The number of ether oxygens (including phenoxy) is 1. The van der Waals surface area contributed by atoms with Crippen molar-refractivity contribution in [1.82, 2.24) is 4.57 Å². The first-order valence-corrected chi connectivity index (χ1v) is 10.7. The van der Waals surface area contributed by atoms with Crippen molar-refractivity contribution in [2.24, 2.45) is 0 Å². The Bertz CT molecular complexity index is 964. The summed E-state index contributed by atoms with van der Waals surface area (Å²) in [5, 5.41) is 11.7. The molecule has 0 saturated heterocycles. The summed E-state index contributed by atoms with van der Waals surface area (Å²) in [6.45, 7) is 5.15. The number of halogens is 4. The van der Waals surface area contributed by atoms with E-state index >= 15 is 0 Å². The first kappa shape index (κ1) is 25.1. The van der Waals surface area contributed by atoms with Gasteiger partial charge in [-0.05, 0) is 29.8 Å². The fraction of sp³-hybridized carbons (Fsp3) is 0.227. The van der Waals surface area contributed by atoms with E-state index in [4.69, 9.17) is 27.9 Å². The Hall–Kier alpha value is -1.15. The van der Waals surface area contributed by atoms with Gasteiger partial charge in [-0.25, -0.2) is 9.13 Å². The quantitative estimate of drug-likeness (QED) is 0.314. The molecule has 0 spiro atoms. The maximum absolute atomic E-state index is 10.5. The van der Waals surface area contributed by atoms with Crippen LogP contribution < -0.4 is 21.5 Å². The van der Waals surface area contributed by atoms with Crippen LogP contribution in [-0.4, -0.2) is 16.3 Å². The lowest BCUT2D eigenvalue weighted by Gasteiger charge is -2.17. The van der Waals surface area contributed by atoms with Crippen molar-refractivity contribution in [2.75, 3.05) is 6.61 Å². The first-order valence-electron chi connectivity index (χ1n) is 9.12. The highest BCUT2D eigenvalue weighted by atomic mass is 79.9. The Morgan fingerprint density at radius 2 is 1.93 bits per heavy atom. The van der Waals surface area contributed by atoms with Gasteiger partial charge in [0.05, 0.1) is 6.61 Å². The summed E-state index contributed by atoms with van der Waals surface area (Å²) in [7, 11) is 0. The third kappa shape index (κ3) is 6.94. The summed E-state index contributed by atoms with van der Waals surface area (Å²) in [6.07, 6.45) is 6.67. The number of aromatic nitrogens is 2. The van der Waals surface area contributed by atoms with Gasteiger partial charge in [0, 0.05) is 20.1 Å². The zero-order valence-corrected chi connectivity index (χ0v) is 20.8. The third-order valence-electron chi connectivity index (χ3n) is 4.49. The van der Waals surface area contributed by atoms with E-state index in [9.17, 15) is 5.11 Å². The van der Waals surface area contributed by atoms with Crippen LogP contribution >= 0.6 is 39.1 Å². The first-order chi connectivity index (χ1) is 14.0. The number of imidazole rings is 1. The van der Waals surface area contributed by atoms with Crippen molar-refractivity contribution in [1.29, 1.82) is 0 Å². The highest BCUT2D eigenvalue weighted by Gasteiger charge is 2.20. The van der Waals surface area contributed by atoms with E-state index in [0.717, 1.165) is 15.6 Å². The maximum Gasteiger partial charge on any atom is 0.243 e. The molecule has 0 aliphatic rings. The molecular weight excluding hydrogens is 555 g/mol. The van der Waals surface area contributed by atoms with Gasteiger partial charge in [-0.15, -0.1) is 6.58 Å². The second kappa shape index (κ2) is 12.0. The molecule has 1 aromatic heterocycles. The van der Waals surface area contributed by atoms with Gasteiger partial charge in [0.2, 0.25) is 6.33 Å². The lowest BCUT2D eigenvalue weighted by molar-refractivity contribution is -0.704. The van der Waals surface area contributed by atoms with Crippen LogP contribution in [0.1, 0.15) is 23.3 Å². The minimum absolute atomic E-state index is 0. The zero-order valence-electron chi connectivity index (χ0n) is 16.1. The Balaban J connectivity index is 0.00000320. The van der Waals surface area contributed by atoms with Crippen LogP contribution in [-0.2, 0) is 17.8 Å². The SMILES string of the molecule is C=CCOC(C[n+]1ccn(CC(O)c2ccc(Br)cc2)c1)c1ccc(Cl)cc1Cl.[Br-]. The van der Waals surface area contributed by atoms with Crippen molar-refractivity contribution >= 4 is 39.1 Å². The van der Waals surface area contributed by atoms with Crippen molar-refractivity contribution in [3.8, 4) is 0 Å². The van der Waals surface area contributed by atoms with Gasteiger partial charge in [-0.1, -0.05) is 63.4 Å². The molecule has 1 heterocycles. The normalized spacial score (nSPS) is 12.8. The van der Waals surface area contributed by atoms with E-state index in [1.54, 1.807) is 18.2 Å². The van der Waals surface area contributed by atoms with Crippen molar-refractivity contribution in [2.45, 2.75) is 25.3 Å². The number of hydrogen-bond donors (Lipinski definition) is 1. The van der Waals surface area contributed by atoms with Crippen molar-refractivity contribution < 1.29 is 31.4 Å². The molecule has 0 saturated carbocycles. The number of benzene rings is 2. The highest BCUT2D eigenvalue weighted by molar-refractivity contribution is 9.10. The van der Waals surface area contributed by atoms with Gasteiger partial charge in [-0.3, -0.25) is 0 Å². The van der Waals surface area contributed by atoms with Gasteiger partial charge < -0.3 is 26.8 Å². The summed E-state index contributed by atoms with van der Waals surface area (Å²) in [5.41, 5.74) is 1.74. The molecular formula is C22H22Br2Cl2N2O2. The van der Waals surface area contributed by atoms with Crippen LogP contribution in [0.25, 0.3) is 0 Å². The van der Waals surface area contributed by atoms with E-state index in [2.05, 4.69) is 22.5 Å². The average Bonchev–Trinajstić information content (AvgIpc) is 3.12. The molecule has 160 valence electrons. The van der Waals surface area contributed by atoms with E-state index in [-0.39, 0.29) is 23.1 Å². The Kier molecular flexibility index (Phi) is 10.1. The summed E-state index contributed by atoms with van der Waals surface area (Å²) in [4.78, 5) is 0. The summed E-state index contributed by atoms with van der Waals surface area (Å²) >= 11 is 15.8. The van der Waals surface area contributed by atoms with Gasteiger partial charge >= 0.3 is 0 Å². The van der Waals surface area contributed by atoms with Crippen LogP contribution in [0.4, 0.5) is 0 Å². The molecule has 0 aliphatic carbocycles. The van der Waals surface area contributed by atoms with Crippen LogP contribution in [0.2, 0.25) is 10.0 Å². The van der Waals surface area contributed by atoms with Crippen LogP contribution in [0.5, 0.6) is 0 Å². The largest absolute Gasteiger partial charge is 1.00 e. The third-order valence-corrected chi connectivity index (χ3v) is 5.58. The molecule has 3 rings (SSSR count). The summed E-state index contributed by atoms with van der Waals surface area (Å²) in [5.74, 6) is 0. The number of nitrogens with zero attached hydrogens (tertiary/aromatic N) is 2. The Morgan fingerprint density at radius 1 is 1.20 bits per heavy atom. The zero-order chi connectivity index (χ0) is 20.8. The maximum atomic E-state index is 10.5. The highest BCUT2D eigenvalue weighted by Crippen LogP contribution is 2.29. The molecule has 8 heteroatoms. The van der Waals surface area contributed by atoms with E-state index < -0.39 is 6.10 Å². The second-order valence-electron chi connectivity index (χ2n) is 6.65. The lowest BCUT2D eigenvalue weighted by Crippen LogP contribution is -3.00. The van der Waals surface area contributed by atoms with Gasteiger partial charge in [0.15, 0.2) is 0 Å². The number of aliphatic hydroxyl groups excluding tert-OH is 1. The van der Waals surface area contributed by atoms with Gasteiger partial charge in [0.1, 0.15) is 37.7 Å². The van der Waals surface area contributed by atoms with E-state index in [0.29, 0.717) is 29.7 Å². The number of hydrogen-bond acceptors (Lipinski definition) is 2. The topological polar surface area (TPSA) is 38.3 Å². The van der Waals surface area contributed by atoms with Crippen molar-refractivity contribution in [3.63, 3.8) is 0 Å². The average molecular weight is 577 g/mol. The van der Waals surface area contributed by atoms with E-state index in [1.807, 2.05) is 58.2 Å². The molecule has 2 aromatic carbocycles. The fourth-order valence-electron chi connectivity index (χ4n) is 3.02. The number of aliphatic hydroxyl groups is 1. The molecule has 0 bridgehead atoms. The van der Waals surface area contributed by atoms with Crippen LogP contribution in [0.3, 0.4) is 0 Å². The molecule has 4 nitrogen and oxygen atoms in total. The Labute approximate surface area is 205 Å². The molecule has 30 heavy (non-hydrogen) atoms. The fourth-order valence-corrected chi connectivity index (χ4v) is 3.82. The van der Waals surface area contributed by atoms with Crippen LogP contribution in [0.15, 0.2) is 78.3 Å². The predicted octanol–water partition coefficient (Wildman–Crippen LogP) is 2.53. The second-order valence-corrected chi connectivity index (χ2v) is 8.41. The summed E-state index contributed by atoms with van der Waals surface area (Å²) < 4.78 is 10.9. The van der Waals surface area contributed by atoms with Crippen molar-refractivity contribution in [3.05, 3.63) is 99.5 Å². The van der Waals surface area contributed by atoms with Crippen LogP contribution in [0, 0.1) is 0 Å². The molecule has 0 fully saturated rings. The lowest BCUT2D eigenvalue weighted by atomic mass is 10.1. The molecule has 2 atom stereocenters. The molecule has 3 aromatic rings. The predicted molar refractivity (Wildman–Crippen MR) is 119 cm³/mol. The van der Waals surface area contributed by atoms with E-state index in [1.165, 1.54) is 0 Å². The molecule has 0 aliphatic heterocycles. The smallest absolute Gasteiger partial charge is 0.243 e. The molecule has 0 amide bonds. The van der Waals surface area contributed by atoms with Gasteiger partial charge in [0.25, 0.3) is 0 Å². The monoisotopic (exact) mass is 574 g/mol. The minimum Gasteiger partial charge on any atom is -1.00 e. The van der Waals surface area contributed by atoms with Gasteiger partial charge in [-0.2, -0.15) is 0 Å². The standard InChI is InChI=1S/C22H22BrCl2N2O2.BrH/c1-2-11-29-22(19-8-7-18(24)12-20(19)25)14-27-10-9-26(15-27)13-21(28)16-3-5-17(23)6-4-16;/h2-10,12,15,21-22,28H,1,11,13-14H2;1H/q+1;/p-1. The summed E-state index contributed by atoms with van der Waals surface area (Å²) in [6, 6.07) is 13.1. The Morgan fingerprint density at radius 3 is 2.60 bits per heavy atom.